The molecule has 0 saturated heterocycles. The van der Waals surface area contributed by atoms with Crippen molar-refractivity contribution >= 4 is 27.6 Å². The Labute approximate surface area is 83.0 Å². The van der Waals surface area contributed by atoms with Gasteiger partial charge in [0.1, 0.15) is 0 Å². The molecular weight excluding hydrogens is 248 g/mol. The minimum atomic E-state index is -3.09. The van der Waals surface area contributed by atoms with Crippen molar-refractivity contribution in [3.05, 3.63) is 0 Å². The number of rotatable bonds is 4. The van der Waals surface area contributed by atoms with E-state index in [2.05, 4.69) is 15.9 Å². The quantitative estimate of drug-likeness (QED) is 0.768. The maximum Gasteiger partial charge on any atom is 0.315 e. The molecule has 0 bridgehead atoms. The van der Waals surface area contributed by atoms with E-state index in [4.69, 9.17) is 0 Å². The van der Waals surface area contributed by atoms with Gasteiger partial charge in [-0.25, -0.2) is 0 Å². The summed E-state index contributed by atoms with van der Waals surface area (Å²) in [5, 5.41) is 1.96. The van der Waals surface area contributed by atoms with E-state index in [-0.39, 0.29) is 11.1 Å². The van der Waals surface area contributed by atoms with Gasteiger partial charge >= 0.3 is 6.43 Å². The van der Waals surface area contributed by atoms with Crippen LogP contribution in [-0.2, 0) is 9.59 Å². The molecule has 76 valence electrons. The number of alkyl halides is 3. The second kappa shape index (κ2) is 4.64. The van der Waals surface area contributed by atoms with Crippen LogP contribution in [0.5, 0.6) is 0 Å². The molecule has 0 atom stereocenters. The first-order chi connectivity index (χ1) is 5.81. The molecular formula is C7H10BrF2NO2. The first-order valence-corrected chi connectivity index (χ1v) is 4.63. The number of ketones is 1. The van der Waals surface area contributed by atoms with Gasteiger partial charge in [0.25, 0.3) is 5.91 Å². The van der Waals surface area contributed by atoms with Gasteiger partial charge in [-0.3, -0.25) is 9.59 Å². The van der Waals surface area contributed by atoms with Crippen LogP contribution in [0.3, 0.4) is 0 Å². The topological polar surface area (TPSA) is 46.2 Å². The Morgan fingerprint density at radius 1 is 1.46 bits per heavy atom. The van der Waals surface area contributed by atoms with Gasteiger partial charge < -0.3 is 5.32 Å². The van der Waals surface area contributed by atoms with E-state index >= 15 is 0 Å². The number of halogens is 3. The van der Waals surface area contributed by atoms with Crippen LogP contribution in [-0.4, -0.2) is 29.0 Å². The molecule has 1 amide bonds. The second-order valence-electron chi connectivity index (χ2n) is 2.97. The SMILES string of the molecule is CC(C)(NC(=O)C(F)F)C(=O)CBr. The number of amides is 1. The Kier molecular flexibility index (Phi) is 4.46. The Bertz CT molecular complexity index is 219. The van der Waals surface area contributed by atoms with Crippen LogP contribution in [0, 0.1) is 0 Å². The fourth-order valence-electron chi connectivity index (χ4n) is 0.599. The zero-order valence-corrected chi connectivity index (χ0v) is 8.82. The average Bonchev–Trinajstić information content (AvgIpc) is 2.01. The molecule has 0 saturated carbocycles. The van der Waals surface area contributed by atoms with Gasteiger partial charge in [0.2, 0.25) is 0 Å². The highest BCUT2D eigenvalue weighted by atomic mass is 79.9. The van der Waals surface area contributed by atoms with Crippen molar-refractivity contribution in [2.75, 3.05) is 5.33 Å². The smallest absolute Gasteiger partial charge is 0.315 e. The Morgan fingerprint density at radius 3 is 2.23 bits per heavy atom. The molecule has 0 aromatic carbocycles. The van der Waals surface area contributed by atoms with E-state index in [1.807, 2.05) is 5.32 Å². The van der Waals surface area contributed by atoms with E-state index in [0.717, 1.165) is 0 Å². The standard InChI is InChI=1S/C7H10BrF2NO2/c1-7(2,4(12)3-8)11-6(13)5(9)10/h5H,3H2,1-2H3,(H,11,13). The second-order valence-corrected chi connectivity index (χ2v) is 3.53. The van der Waals surface area contributed by atoms with Gasteiger partial charge in [-0.1, -0.05) is 15.9 Å². The number of carbonyl (C=O) groups excluding carboxylic acids is 2. The average molecular weight is 258 g/mol. The predicted octanol–water partition coefficient (Wildman–Crippen LogP) is 1.11. The van der Waals surface area contributed by atoms with E-state index in [1.165, 1.54) is 13.8 Å². The van der Waals surface area contributed by atoms with Crippen LogP contribution in [0.2, 0.25) is 0 Å². The summed E-state index contributed by atoms with van der Waals surface area (Å²) in [5.74, 6) is -1.79. The number of carbonyl (C=O) groups is 2. The van der Waals surface area contributed by atoms with E-state index in [1.54, 1.807) is 0 Å². The van der Waals surface area contributed by atoms with Crippen LogP contribution in [0.25, 0.3) is 0 Å². The molecule has 0 heterocycles. The molecule has 0 fully saturated rings. The zero-order valence-electron chi connectivity index (χ0n) is 7.23. The molecule has 0 spiro atoms. The lowest BCUT2D eigenvalue weighted by molar-refractivity contribution is -0.136. The highest BCUT2D eigenvalue weighted by molar-refractivity contribution is 9.09. The maximum atomic E-state index is 11.8. The lowest BCUT2D eigenvalue weighted by Crippen LogP contribution is -2.52. The molecule has 13 heavy (non-hydrogen) atoms. The van der Waals surface area contributed by atoms with Crippen LogP contribution in [0.4, 0.5) is 8.78 Å². The van der Waals surface area contributed by atoms with Gasteiger partial charge in [0.15, 0.2) is 5.78 Å². The third kappa shape index (κ3) is 3.80. The lowest BCUT2D eigenvalue weighted by Gasteiger charge is -2.23. The summed E-state index contributed by atoms with van der Waals surface area (Å²) in [6.45, 7) is 2.74. The number of hydrogen-bond acceptors (Lipinski definition) is 2. The zero-order chi connectivity index (χ0) is 10.6. The van der Waals surface area contributed by atoms with Crippen molar-refractivity contribution in [1.29, 1.82) is 0 Å². The predicted molar refractivity (Wildman–Crippen MR) is 47.0 cm³/mol. The minimum absolute atomic E-state index is 0.0174. The maximum absolute atomic E-state index is 11.8. The van der Waals surface area contributed by atoms with E-state index in [0.29, 0.717) is 0 Å². The van der Waals surface area contributed by atoms with Gasteiger partial charge in [-0.05, 0) is 13.8 Å². The third-order valence-electron chi connectivity index (χ3n) is 1.45. The molecule has 0 aromatic heterocycles. The number of hydrogen-bond donors (Lipinski definition) is 1. The van der Waals surface area contributed by atoms with Gasteiger partial charge in [0, 0.05) is 0 Å². The molecule has 1 N–H and O–H groups in total. The van der Waals surface area contributed by atoms with Crippen LogP contribution in [0.15, 0.2) is 0 Å². The summed E-state index contributed by atoms with van der Waals surface area (Å²) in [4.78, 5) is 21.6. The monoisotopic (exact) mass is 257 g/mol. The van der Waals surface area contributed by atoms with Crippen molar-refractivity contribution in [1.82, 2.24) is 5.32 Å². The lowest BCUT2D eigenvalue weighted by atomic mass is 10.0. The first-order valence-electron chi connectivity index (χ1n) is 3.50. The summed E-state index contributed by atoms with van der Waals surface area (Å²) in [7, 11) is 0. The normalized spacial score (nSPS) is 11.5. The minimum Gasteiger partial charge on any atom is -0.339 e. The molecule has 0 aliphatic rings. The first kappa shape index (κ1) is 12.5. The Balaban J connectivity index is 4.33. The fourth-order valence-corrected chi connectivity index (χ4v) is 1.30. The molecule has 0 aliphatic heterocycles. The Morgan fingerprint density at radius 2 is 1.92 bits per heavy atom. The summed E-state index contributed by atoms with van der Waals surface area (Å²) in [5.41, 5.74) is -1.25. The highest BCUT2D eigenvalue weighted by Gasteiger charge is 2.30. The fraction of sp³-hybridized carbons (Fsp3) is 0.714. The molecule has 6 heteroatoms. The Hall–Kier alpha value is -0.520. The van der Waals surface area contributed by atoms with Crippen LogP contribution in [0.1, 0.15) is 13.8 Å². The van der Waals surface area contributed by atoms with Crippen LogP contribution < -0.4 is 5.32 Å². The van der Waals surface area contributed by atoms with Crippen molar-refractivity contribution in [2.45, 2.75) is 25.8 Å². The summed E-state index contributed by atoms with van der Waals surface area (Å²) >= 11 is 2.89. The van der Waals surface area contributed by atoms with Crippen LogP contribution >= 0.6 is 15.9 Å². The molecule has 3 nitrogen and oxygen atoms in total. The van der Waals surface area contributed by atoms with Gasteiger partial charge in [-0.2, -0.15) is 8.78 Å². The van der Waals surface area contributed by atoms with E-state index in [9.17, 15) is 18.4 Å². The van der Waals surface area contributed by atoms with E-state index < -0.39 is 17.9 Å². The molecule has 0 aliphatic carbocycles. The van der Waals surface area contributed by atoms with Gasteiger partial charge in [0.05, 0.1) is 10.9 Å². The summed E-state index contributed by atoms with van der Waals surface area (Å²) < 4.78 is 23.6. The summed E-state index contributed by atoms with van der Waals surface area (Å²) in [6, 6.07) is 0. The molecule has 0 rings (SSSR count). The molecule has 0 radical (unpaired) electrons. The summed E-state index contributed by atoms with van der Waals surface area (Å²) in [6.07, 6.45) is -3.09. The third-order valence-corrected chi connectivity index (χ3v) is 1.96. The highest BCUT2D eigenvalue weighted by Crippen LogP contribution is 2.07. The van der Waals surface area contributed by atoms with Crippen molar-refractivity contribution in [3.8, 4) is 0 Å². The molecule has 0 unspecified atom stereocenters. The van der Waals surface area contributed by atoms with Crippen molar-refractivity contribution < 1.29 is 18.4 Å². The number of nitrogens with one attached hydrogen (secondary N) is 1. The van der Waals surface area contributed by atoms with Gasteiger partial charge in [-0.15, -0.1) is 0 Å². The van der Waals surface area contributed by atoms with Crippen molar-refractivity contribution in [2.24, 2.45) is 0 Å². The van der Waals surface area contributed by atoms with Crippen molar-refractivity contribution in [3.63, 3.8) is 0 Å². The number of Topliss-reactive ketones (excluding diaryl/α,β-unsaturated/α-hetero) is 1. The molecule has 0 aromatic rings. The largest absolute Gasteiger partial charge is 0.339 e.